The number of nitrogens with one attached hydrogen (secondary N) is 2. The van der Waals surface area contributed by atoms with E-state index in [0.717, 1.165) is 0 Å². The van der Waals surface area contributed by atoms with Gasteiger partial charge in [-0.15, -0.1) is 0 Å². The summed E-state index contributed by atoms with van der Waals surface area (Å²) in [5, 5.41) is 15.5. The van der Waals surface area contributed by atoms with Gasteiger partial charge in [-0.3, -0.25) is 4.79 Å². The van der Waals surface area contributed by atoms with Crippen LogP contribution in [0, 0.1) is 0 Å². The second-order valence-corrected chi connectivity index (χ2v) is 7.94. The van der Waals surface area contributed by atoms with Crippen molar-refractivity contribution in [3.8, 4) is 0 Å². The SMILES string of the molecule is CCOC(=O)C1=C(COCCNC(CC)C(=O)O)NC(C)=C(C(=O)OC)C1c1ccccc1Cl. The Balaban J connectivity index is 2.40. The summed E-state index contributed by atoms with van der Waals surface area (Å²) in [5.41, 5.74) is 1.93. The van der Waals surface area contributed by atoms with Gasteiger partial charge in [0.15, 0.2) is 0 Å². The molecule has 2 rings (SSSR count). The second-order valence-electron chi connectivity index (χ2n) is 7.53. The van der Waals surface area contributed by atoms with Crippen LogP contribution >= 0.6 is 11.6 Å². The minimum atomic E-state index is -0.928. The standard InChI is InChI=1S/C24H31ClN2O7/c1-5-17(22(28)29)26-11-12-33-13-18-21(24(31)34-6-2)20(15-9-7-8-10-16(15)25)19(14(3)27-18)23(30)32-4/h7-10,17,20,26-27H,5-6,11-13H2,1-4H3,(H,28,29). The third-order valence-corrected chi connectivity index (χ3v) is 5.70. The van der Waals surface area contributed by atoms with Gasteiger partial charge < -0.3 is 30.0 Å². The number of aliphatic carboxylic acids is 1. The van der Waals surface area contributed by atoms with Crippen LogP contribution < -0.4 is 10.6 Å². The van der Waals surface area contributed by atoms with Gasteiger partial charge in [-0.2, -0.15) is 0 Å². The molecule has 1 aromatic rings. The molecule has 1 aliphatic rings. The molecule has 1 aliphatic heterocycles. The van der Waals surface area contributed by atoms with Gasteiger partial charge in [0.2, 0.25) is 0 Å². The lowest BCUT2D eigenvalue weighted by Gasteiger charge is -2.31. The van der Waals surface area contributed by atoms with Gasteiger partial charge in [0.05, 0.1) is 49.7 Å². The average Bonchev–Trinajstić information content (AvgIpc) is 2.80. The molecule has 2 atom stereocenters. The van der Waals surface area contributed by atoms with E-state index in [1.807, 2.05) is 0 Å². The van der Waals surface area contributed by atoms with Crippen molar-refractivity contribution in [1.29, 1.82) is 0 Å². The normalized spacial score (nSPS) is 16.7. The molecule has 0 aliphatic carbocycles. The summed E-state index contributed by atoms with van der Waals surface area (Å²) in [6, 6.07) is 6.29. The largest absolute Gasteiger partial charge is 0.480 e. The quantitative estimate of drug-likeness (QED) is 0.297. The van der Waals surface area contributed by atoms with Crippen LogP contribution in [0.15, 0.2) is 46.8 Å². The highest BCUT2D eigenvalue weighted by molar-refractivity contribution is 6.31. The predicted molar refractivity (Wildman–Crippen MR) is 126 cm³/mol. The first-order chi connectivity index (χ1) is 16.3. The van der Waals surface area contributed by atoms with Crippen LogP contribution in [-0.2, 0) is 28.6 Å². The van der Waals surface area contributed by atoms with Crippen molar-refractivity contribution >= 4 is 29.5 Å². The molecule has 0 radical (unpaired) electrons. The van der Waals surface area contributed by atoms with Crippen LogP contribution in [-0.4, -0.2) is 62.5 Å². The lowest BCUT2D eigenvalue weighted by molar-refractivity contribution is -0.140. The van der Waals surface area contributed by atoms with E-state index >= 15 is 0 Å². The molecule has 1 heterocycles. The number of carbonyl (C=O) groups is 3. The first-order valence-electron chi connectivity index (χ1n) is 11.0. The molecule has 0 saturated carbocycles. The summed E-state index contributed by atoms with van der Waals surface area (Å²) >= 11 is 6.47. The van der Waals surface area contributed by atoms with Gasteiger partial charge >= 0.3 is 17.9 Å². The maximum atomic E-state index is 13.1. The van der Waals surface area contributed by atoms with Crippen molar-refractivity contribution < 1.29 is 33.7 Å². The molecule has 1 aromatic carbocycles. The average molecular weight is 495 g/mol. The van der Waals surface area contributed by atoms with E-state index in [2.05, 4.69) is 10.6 Å². The van der Waals surface area contributed by atoms with Crippen molar-refractivity contribution in [3.05, 3.63) is 57.4 Å². The number of carboxylic acids is 1. The maximum Gasteiger partial charge on any atom is 0.336 e. The van der Waals surface area contributed by atoms with Gasteiger partial charge in [-0.25, -0.2) is 9.59 Å². The Bertz CT molecular complexity index is 974. The number of ether oxygens (including phenoxy) is 3. The number of esters is 2. The zero-order valence-corrected chi connectivity index (χ0v) is 20.5. The number of allylic oxidation sites excluding steroid dienone is 1. The molecule has 0 fully saturated rings. The molecular formula is C24H31ClN2O7. The summed E-state index contributed by atoms with van der Waals surface area (Å²) in [5.74, 6) is -2.96. The van der Waals surface area contributed by atoms with Gasteiger partial charge in [-0.05, 0) is 31.9 Å². The summed E-state index contributed by atoms with van der Waals surface area (Å²) in [6.45, 7) is 5.83. The molecule has 0 amide bonds. The van der Waals surface area contributed by atoms with E-state index < -0.39 is 29.9 Å². The highest BCUT2D eigenvalue weighted by Crippen LogP contribution is 2.41. The lowest BCUT2D eigenvalue weighted by Crippen LogP contribution is -2.38. The monoisotopic (exact) mass is 494 g/mol. The fourth-order valence-electron chi connectivity index (χ4n) is 3.75. The molecule has 0 spiro atoms. The van der Waals surface area contributed by atoms with Crippen molar-refractivity contribution in [2.45, 2.75) is 39.2 Å². The van der Waals surface area contributed by atoms with Gasteiger partial charge in [0.1, 0.15) is 6.04 Å². The fraction of sp³-hybridized carbons (Fsp3) is 0.458. The summed E-state index contributed by atoms with van der Waals surface area (Å²) in [6.07, 6.45) is 0.439. The van der Waals surface area contributed by atoms with Crippen LogP contribution in [0.4, 0.5) is 0 Å². The first-order valence-corrected chi connectivity index (χ1v) is 11.4. The van der Waals surface area contributed by atoms with Crippen LogP contribution in [0.3, 0.4) is 0 Å². The topological polar surface area (TPSA) is 123 Å². The van der Waals surface area contributed by atoms with Crippen molar-refractivity contribution in [2.75, 3.05) is 33.5 Å². The van der Waals surface area contributed by atoms with Gasteiger partial charge in [0.25, 0.3) is 0 Å². The van der Waals surface area contributed by atoms with E-state index in [4.69, 9.17) is 30.9 Å². The lowest BCUT2D eigenvalue weighted by atomic mass is 9.80. The van der Waals surface area contributed by atoms with E-state index in [0.29, 0.717) is 34.9 Å². The predicted octanol–water partition coefficient (Wildman–Crippen LogP) is 2.76. The van der Waals surface area contributed by atoms with Gasteiger partial charge in [0, 0.05) is 17.3 Å². The summed E-state index contributed by atoms with van der Waals surface area (Å²) in [7, 11) is 1.27. The Kier molecular flexibility index (Phi) is 10.6. The molecule has 186 valence electrons. The number of dihydropyridines is 1. The molecule has 10 heteroatoms. The molecule has 0 aromatic heterocycles. The van der Waals surface area contributed by atoms with Gasteiger partial charge in [-0.1, -0.05) is 36.7 Å². The van der Waals surface area contributed by atoms with Crippen LogP contribution in [0.2, 0.25) is 5.02 Å². The third-order valence-electron chi connectivity index (χ3n) is 5.35. The molecule has 2 unspecified atom stereocenters. The maximum absolute atomic E-state index is 13.1. The summed E-state index contributed by atoms with van der Waals surface area (Å²) in [4.78, 5) is 37.0. The Labute approximate surface area is 204 Å². The number of hydrogen-bond acceptors (Lipinski definition) is 8. The number of benzene rings is 1. The number of carbonyl (C=O) groups excluding carboxylic acids is 2. The van der Waals surface area contributed by atoms with Crippen LogP contribution in [0.5, 0.6) is 0 Å². The highest BCUT2D eigenvalue weighted by Gasteiger charge is 2.39. The van der Waals surface area contributed by atoms with E-state index in [9.17, 15) is 14.4 Å². The van der Waals surface area contributed by atoms with E-state index in [1.54, 1.807) is 45.0 Å². The number of methoxy groups -OCH3 is 1. The van der Waals surface area contributed by atoms with Crippen LogP contribution in [0.25, 0.3) is 0 Å². The van der Waals surface area contributed by atoms with Crippen molar-refractivity contribution in [3.63, 3.8) is 0 Å². The second kappa shape index (κ2) is 13.1. The molecule has 9 nitrogen and oxygen atoms in total. The van der Waals surface area contributed by atoms with Crippen molar-refractivity contribution in [1.82, 2.24) is 10.6 Å². The highest BCUT2D eigenvalue weighted by atomic mass is 35.5. The minimum Gasteiger partial charge on any atom is -0.480 e. The zero-order valence-electron chi connectivity index (χ0n) is 19.8. The first kappa shape index (κ1) is 27.4. The minimum absolute atomic E-state index is 0.00638. The molecule has 0 bridgehead atoms. The Morgan fingerprint density at radius 3 is 2.47 bits per heavy atom. The number of carboxylic acid groups (broad SMARTS) is 1. The smallest absolute Gasteiger partial charge is 0.336 e. The zero-order chi connectivity index (χ0) is 25.3. The Morgan fingerprint density at radius 2 is 1.88 bits per heavy atom. The van der Waals surface area contributed by atoms with E-state index in [1.165, 1.54) is 7.11 Å². The Morgan fingerprint density at radius 1 is 1.18 bits per heavy atom. The fourth-order valence-corrected chi connectivity index (χ4v) is 3.99. The molecule has 3 N–H and O–H groups in total. The summed E-state index contributed by atoms with van der Waals surface area (Å²) < 4.78 is 16.0. The number of hydrogen-bond donors (Lipinski definition) is 3. The number of halogens is 1. The third kappa shape index (κ3) is 6.59. The van der Waals surface area contributed by atoms with Crippen molar-refractivity contribution in [2.24, 2.45) is 0 Å². The van der Waals surface area contributed by atoms with Crippen LogP contribution in [0.1, 0.15) is 38.7 Å². The van der Waals surface area contributed by atoms with E-state index in [-0.39, 0.29) is 31.0 Å². The Hall–Kier alpha value is -2.88. The number of rotatable bonds is 12. The molecular weight excluding hydrogens is 464 g/mol. The molecule has 0 saturated heterocycles. The molecule has 34 heavy (non-hydrogen) atoms.